The molecule has 18 heavy (non-hydrogen) atoms. The van der Waals surface area contributed by atoms with Gasteiger partial charge in [0.1, 0.15) is 0 Å². The van der Waals surface area contributed by atoms with E-state index >= 15 is 0 Å². The summed E-state index contributed by atoms with van der Waals surface area (Å²) in [7, 11) is 0. The standard InChI is InChI=1S/C11H9ClF6/c1-2-6-3-7(10(13,14)15)4-9(8(6)5-12)11(16,17)18/h3-4H,2,5H2,1H3. The molecule has 7 heteroatoms. The van der Waals surface area contributed by atoms with Crippen molar-refractivity contribution in [2.24, 2.45) is 0 Å². The number of hydrogen-bond donors (Lipinski definition) is 0. The zero-order valence-electron chi connectivity index (χ0n) is 9.21. The Labute approximate surface area is 105 Å². The normalized spacial score (nSPS) is 12.9. The van der Waals surface area contributed by atoms with E-state index in [4.69, 9.17) is 11.6 Å². The van der Waals surface area contributed by atoms with E-state index in [0.29, 0.717) is 6.07 Å². The maximum absolute atomic E-state index is 12.7. The van der Waals surface area contributed by atoms with Gasteiger partial charge in [0.05, 0.1) is 11.1 Å². The highest BCUT2D eigenvalue weighted by Gasteiger charge is 2.38. The summed E-state index contributed by atoms with van der Waals surface area (Å²) in [5.74, 6) is -0.476. The van der Waals surface area contributed by atoms with Crippen molar-refractivity contribution < 1.29 is 26.3 Å². The number of hydrogen-bond acceptors (Lipinski definition) is 0. The predicted octanol–water partition coefficient (Wildman–Crippen LogP) is 5.03. The fraction of sp³-hybridized carbons (Fsp3) is 0.455. The Hall–Kier alpha value is -0.910. The van der Waals surface area contributed by atoms with Crippen LogP contribution in [0.4, 0.5) is 26.3 Å². The number of aryl methyl sites for hydroxylation is 1. The molecule has 0 heterocycles. The van der Waals surface area contributed by atoms with Crippen molar-refractivity contribution in [3.8, 4) is 0 Å². The Morgan fingerprint density at radius 2 is 1.56 bits per heavy atom. The molecule has 102 valence electrons. The quantitative estimate of drug-likeness (QED) is 0.529. The molecular weight excluding hydrogens is 282 g/mol. The van der Waals surface area contributed by atoms with Crippen LogP contribution in [0.25, 0.3) is 0 Å². The van der Waals surface area contributed by atoms with E-state index in [1.807, 2.05) is 0 Å². The summed E-state index contributed by atoms with van der Waals surface area (Å²) >= 11 is 5.41. The first-order chi connectivity index (χ1) is 8.11. The Morgan fingerprint density at radius 1 is 1.00 bits per heavy atom. The van der Waals surface area contributed by atoms with Gasteiger partial charge in [-0.15, -0.1) is 11.6 Å². The number of rotatable bonds is 2. The maximum Gasteiger partial charge on any atom is 0.416 e. The lowest BCUT2D eigenvalue weighted by Crippen LogP contribution is -2.15. The van der Waals surface area contributed by atoms with Crippen LogP contribution in [-0.4, -0.2) is 0 Å². The Kier molecular flexibility index (Phi) is 4.20. The zero-order chi connectivity index (χ0) is 14.1. The maximum atomic E-state index is 12.7. The van der Waals surface area contributed by atoms with Crippen LogP contribution in [0.2, 0.25) is 0 Å². The number of halogens is 7. The van der Waals surface area contributed by atoms with Crippen molar-refractivity contribution in [1.82, 2.24) is 0 Å². The summed E-state index contributed by atoms with van der Waals surface area (Å²) in [6.07, 6.45) is -9.61. The highest BCUT2D eigenvalue weighted by Crippen LogP contribution is 2.39. The van der Waals surface area contributed by atoms with E-state index < -0.39 is 29.4 Å². The lowest BCUT2D eigenvalue weighted by atomic mass is 9.96. The minimum atomic E-state index is -4.85. The molecule has 0 N–H and O–H groups in total. The molecule has 0 aliphatic heterocycles. The Morgan fingerprint density at radius 3 is 1.89 bits per heavy atom. The zero-order valence-corrected chi connectivity index (χ0v) is 9.97. The first-order valence-corrected chi connectivity index (χ1v) is 5.50. The summed E-state index contributed by atoms with van der Waals surface area (Å²) in [6.45, 7) is 1.48. The third kappa shape index (κ3) is 3.10. The fourth-order valence-electron chi connectivity index (χ4n) is 1.62. The SMILES string of the molecule is CCc1cc(C(F)(F)F)cc(C(F)(F)F)c1CCl. The molecule has 0 nitrogen and oxygen atoms in total. The summed E-state index contributed by atoms with van der Waals surface area (Å²) in [4.78, 5) is 0. The lowest BCUT2D eigenvalue weighted by Gasteiger charge is -2.18. The monoisotopic (exact) mass is 290 g/mol. The van der Waals surface area contributed by atoms with Crippen molar-refractivity contribution in [3.05, 3.63) is 34.4 Å². The average molecular weight is 291 g/mol. The molecule has 1 aromatic rings. The first kappa shape index (κ1) is 15.1. The van der Waals surface area contributed by atoms with Crippen molar-refractivity contribution in [2.45, 2.75) is 31.6 Å². The van der Waals surface area contributed by atoms with E-state index in [9.17, 15) is 26.3 Å². The largest absolute Gasteiger partial charge is 0.416 e. The van der Waals surface area contributed by atoms with Gasteiger partial charge in [0.25, 0.3) is 0 Å². The first-order valence-electron chi connectivity index (χ1n) is 4.97. The van der Waals surface area contributed by atoms with E-state index in [1.54, 1.807) is 0 Å². The molecule has 0 aliphatic carbocycles. The number of benzene rings is 1. The van der Waals surface area contributed by atoms with Crippen LogP contribution in [0.15, 0.2) is 12.1 Å². The van der Waals surface area contributed by atoms with E-state index in [2.05, 4.69) is 0 Å². The van der Waals surface area contributed by atoms with Gasteiger partial charge >= 0.3 is 12.4 Å². The summed E-state index contributed by atoms with van der Waals surface area (Å²) in [5, 5.41) is 0. The second-order valence-electron chi connectivity index (χ2n) is 3.64. The second kappa shape index (κ2) is 4.99. The highest BCUT2D eigenvalue weighted by atomic mass is 35.5. The van der Waals surface area contributed by atoms with Crippen molar-refractivity contribution in [3.63, 3.8) is 0 Å². The van der Waals surface area contributed by atoms with Gasteiger partial charge in [-0.25, -0.2) is 0 Å². The predicted molar refractivity (Wildman–Crippen MR) is 55.4 cm³/mol. The van der Waals surface area contributed by atoms with Gasteiger partial charge in [-0.1, -0.05) is 6.92 Å². The highest BCUT2D eigenvalue weighted by molar-refractivity contribution is 6.17. The van der Waals surface area contributed by atoms with Gasteiger partial charge < -0.3 is 0 Å². The lowest BCUT2D eigenvalue weighted by molar-refractivity contribution is -0.143. The molecule has 0 bridgehead atoms. The average Bonchev–Trinajstić information content (AvgIpc) is 2.24. The molecule has 0 unspecified atom stereocenters. The molecule has 0 amide bonds. The van der Waals surface area contributed by atoms with E-state index in [0.717, 1.165) is 0 Å². The van der Waals surface area contributed by atoms with Crippen molar-refractivity contribution in [1.29, 1.82) is 0 Å². The van der Waals surface area contributed by atoms with Crippen LogP contribution >= 0.6 is 11.6 Å². The molecule has 0 aliphatic rings. The third-order valence-electron chi connectivity index (χ3n) is 2.49. The van der Waals surface area contributed by atoms with Gasteiger partial charge in [-0.05, 0) is 29.7 Å². The molecule has 0 saturated carbocycles. The van der Waals surface area contributed by atoms with Crippen LogP contribution < -0.4 is 0 Å². The van der Waals surface area contributed by atoms with Crippen molar-refractivity contribution >= 4 is 11.6 Å². The molecular formula is C11H9ClF6. The fourth-order valence-corrected chi connectivity index (χ4v) is 1.94. The molecule has 0 atom stereocenters. The van der Waals surface area contributed by atoms with Crippen LogP contribution in [-0.2, 0) is 24.7 Å². The van der Waals surface area contributed by atoms with E-state index in [-0.39, 0.29) is 23.6 Å². The second-order valence-corrected chi connectivity index (χ2v) is 3.91. The third-order valence-corrected chi connectivity index (χ3v) is 2.76. The van der Waals surface area contributed by atoms with Crippen LogP contribution in [0, 0.1) is 0 Å². The molecule has 1 rings (SSSR count). The summed E-state index contributed by atoms with van der Waals surface area (Å²) in [6, 6.07) is 0.823. The minimum absolute atomic E-state index is 0.0350. The summed E-state index contributed by atoms with van der Waals surface area (Å²) in [5.41, 5.74) is -2.95. The summed E-state index contributed by atoms with van der Waals surface area (Å²) < 4.78 is 75.6. The molecule has 0 radical (unpaired) electrons. The molecule has 0 aromatic heterocycles. The molecule has 0 saturated heterocycles. The van der Waals surface area contributed by atoms with Gasteiger partial charge in [0.15, 0.2) is 0 Å². The molecule has 0 fully saturated rings. The number of alkyl halides is 7. The molecule has 1 aromatic carbocycles. The van der Waals surface area contributed by atoms with Crippen LogP contribution in [0.3, 0.4) is 0 Å². The van der Waals surface area contributed by atoms with E-state index in [1.165, 1.54) is 6.92 Å². The van der Waals surface area contributed by atoms with Gasteiger partial charge in [0.2, 0.25) is 0 Å². The minimum Gasteiger partial charge on any atom is -0.166 e. The smallest absolute Gasteiger partial charge is 0.166 e. The Balaban J connectivity index is 3.57. The van der Waals surface area contributed by atoms with Gasteiger partial charge in [-0.3, -0.25) is 0 Å². The topological polar surface area (TPSA) is 0 Å². The van der Waals surface area contributed by atoms with Gasteiger partial charge in [0, 0.05) is 5.88 Å². The Bertz CT molecular complexity index is 432. The van der Waals surface area contributed by atoms with Crippen molar-refractivity contribution in [2.75, 3.05) is 0 Å². The van der Waals surface area contributed by atoms with Crippen LogP contribution in [0.5, 0.6) is 0 Å². The van der Waals surface area contributed by atoms with Gasteiger partial charge in [-0.2, -0.15) is 26.3 Å². The molecule has 0 spiro atoms. The van der Waals surface area contributed by atoms with Crippen LogP contribution in [0.1, 0.15) is 29.2 Å².